The molecular formula is C20H21N3O4. The predicted molar refractivity (Wildman–Crippen MR) is 101 cm³/mol. The van der Waals surface area contributed by atoms with Crippen LogP contribution in [0.1, 0.15) is 30.9 Å². The van der Waals surface area contributed by atoms with Crippen molar-refractivity contribution in [1.29, 1.82) is 0 Å². The van der Waals surface area contributed by atoms with Crippen molar-refractivity contribution in [3.05, 3.63) is 69.8 Å². The summed E-state index contributed by atoms with van der Waals surface area (Å²) in [6.07, 6.45) is 2.43. The van der Waals surface area contributed by atoms with Gasteiger partial charge in [0.05, 0.1) is 4.92 Å². The minimum Gasteiger partial charge on any atom is -0.347 e. The SMILES string of the molecule is CCc1ccc(NC(=O)C(=O)NCC2(c3ccccc3)CC2)cc1[N+](=O)[O-]. The Morgan fingerprint density at radius 2 is 1.81 bits per heavy atom. The number of anilines is 1. The summed E-state index contributed by atoms with van der Waals surface area (Å²) >= 11 is 0. The van der Waals surface area contributed by atoms with E-state index in [1.807, 2.05) is 37.3 Å². The van der Waals surface area contributed by atoms with Crippen molar-refractivity contribution in [1.82, 2.24) is 5.32 Å². The largest absolute Gasteiger partial charge is 0.347 e. The third kappa shape index (κ3) is 4.13. The number of aryl methyl sites for hydroxylation is 1. The molecule has 2 aromatic carbocycles. The van der Waals surface area contributed by atoms with Gasteiger partial charge < -0.3 is 10.6 Å². The first-order valence-corrected chi connectivity index (χ1v) is 8.87. The topological polar surface area (TPSA) is 101 Å². The van der Waals surface area contributed by atoms with Crippen LogP contribution >= 0.6 is 0 Å². The molecule has 1 saturated carbocycles. The summed E-state index contributed by atoms with van der Waals surface area (Å²) in [5.41, 5.74) is 1.77. The summed E-state index contributed by atoms with van der Waals surface area (Å²) in [5.74, 6) is -1.59. The van der Waals surface area contributed by atoms with E-state index in [1.54, 1.807) is 12.1 Å². The Balaban J connectivity index is 1.61. The molecule has 1 aliphatic rings. The van der Waals surface area contributed by atoms with E-state index in [2.05, 4.69) is 10.6 Å². The van der Waals surface area contributed by atoms with Crippen LogP contribution in [0.3, 0.4) is 0 Å². The lowest BCUT2D eigenvalue weighted by Crippen LogP contribution is -2.39. The second-order valence-electron chi connectivity index (χ2n) is 6.74. The van der Waals surface area contributed by atoms with Crippen molar-refractivity contribution >= 4 is 23.2 Å². The van der Waals surface area contributed by atoms with E-state index >= 15 is 0 Å². The molecule has 0 heterocycles. The molecule has 140 valence electrons. The molecular weight excluding hydrogens is 346 g/mol. The zero-order valence-corrected chi connectivity index (χ0v) is 15.0. The molecule has 0 spiro atoms. The summed E-state index contributed by atoms with van der Waals surface area (Å²) in [7, 11) is 0. The normalized spacial score (nSPS) is 14.3. The lowest BCUT2D eigenvalue weighted by atomic mass is 9.96. The Bertz CT molecular complexity index is 876. The fraction of sp³-hybridized carbons (Fsp3) is 0.300. The van der Waals surface area contributed by atoms with Gasteiger partial charge in [-0.15, -0.1) is 0 Å². The molecule has 0 aromatic heterocycles. The number of carbonyl (C=O) groups excluding carboxylic acids is 2. The second kappa shape index (κ2) is 7.57. The van der Waals surface area contributed by atoms with E-state index in [0.29, 0.717) is 18.5 Å². The quantitative estimate of drug-likeness (QED) is 0.465. The maximum atomic E-state index is 12.1. The van der Waals surface area contributed by atoms with Crippen molar-refractivity contribution in [2.75, 3.05) is 11.9 Å². The highest BCUT2D eigenvalue weighted by Gasteiger charge is 2.44. The fourth-order valence-corrected chi connectivity index (χ4v) is 3.14. The van der Waals surface area contributed by atoms with E-state index in [-0.39, 0.29) is 16.8 Å². The number of nitrogens with zero attached hydrogens (tertiary/aromatic N) is 1. The van der Waals surface area contributed by atoms with E-state index in [1.165, 1.54) is 6.07 Å². The zero-order valence-electron chi connectivity index (χ0n) is 15.0. The minimum atomic E-state index is -0.836. The number of nitro benzene ring substituents is 1. The van der Waals surface area contributed by atoms with E-state index in [0.717, 1.165) is 18.4 Å². The van der Waals surface area contributed by atoms with Gasteiger partial charge in [-0.3, -0.25) is 19.7 Å². The van der Waals surface area contributed by atoms with Crippen LogP contribution < -0.4 is 10.6 Å². The molecule has 0 unspecified atom stereocenters. The Kier molecular flexibility index (Phi) is 5.21. The molecule has 1 fully saturated rings. The highest BCUT2D eigenvalue weighted by Crippen LogP contribution is 2.47. The third-order valence-electron chi connectivity index (χ3n) is 4.95. The molecule has 0 atom stereocenters. The number of amides is 2. The summed E-state index contributed by atoms with van der Waals surface area (Å²) in [4.78, 5) is 34.9. The number of nitrogens with one attached hydrogen (secondary N) is 2. The molecule has 3 rings (SSSR count). The van der Waals surface area contributed by atoms with Crippen LogP contribution in [0.5, 0.6) is 0 Å². The van der Waals surface area contributed by atoms with Crippen LogP contribution in [0.2, 0.25) is 0 Å². The first-order chi connectivity index (χ1) is 12.9. The van der Waals surface area contributed by atoms with Crippen molar-refractivity contribution in [3.8, 4) is 0 Å². The van der Waals surface area contributed by atoms with Gasteiger partial charge in [0.15, 0.2) is 0 Å². The van der Waals surface area contributed by atoms with Gasteiger partial charge in [-0.1, -0.05) is 43.3 Å². The lowest BCUT2D eigenvalue weighted by molar-refractivity contribution is -0.385. The highest BCUT2D eigenvalue weighted by atomic mass is 16.6. The molecule has 2 aromatic rings. The molecule has 7 nitrogen and oxygen atoms in total. The van der Waals surface area contributed by atoms with Crippen molar-refractivity contribution in [2.24, 2.45) is 0 Å². The molecule has 27 heavy (non-hydrogen) atoms. The monoisotopic (exact) mass is 367 g/mol. The second-order valence-corrected chi connectivity index (χ2v) is 6.74. The highest BCUT2D eigenvalue weighted by molar-refractivity contribution is 6.39. The van der Waals surface area contributed by atoms with Gasteiger partial charge in [-0.05, 0) is 30.9 Å². The van der Waals surface area contributed by atoms with Gasteiger partial charge in [0, 0.05) is 29.3 Å². The van der Waals surface area contributed by atoms with Crippen LogP contribution in [0.25, 0.3) is 0 Å². The molecule has 1 aliphatic carbocycles. The number of rotatable bonds is 6. The Morgan fingerprint density at radius 1 is 1.11 bits per heavy atom. The Morgan fingerprint density at radius 3 is 2.41 bits per heavy atom. The van der Waals surface area contributed by atoms with E-state index < -0.39 is 16.7 Å². The van der Waals surface area contributed by atoms with E-state index in [9.17, 15) is 19.7 Å². The van der Waals surface area contributed by atoms with Crippen molar-refractivity contribution in [2.45, 2.75) is 31.6 Å². The fourth-order valence-electron chi connectivity index (χ4n) is 3.14. The Labute approximate surface area is 156 Å². The molecule has 2 amide bonds. The minimum absolute atomic E-state index is 0.0725. The first-order valence-electron chi connectivity index (χ1n) is 8.87. The zero-order chi connectivity index (χ0) is 19.4. The van der Waals surface area contributed by atoms with Gasteiger partial charge in [-0.2, -0.15) is 0 Å². The van der Waals surface area contributed by atoms with Crippen LogP contribution in [-0.2, 0) is 21.4 Å². The summed E-state index contributed by atoms with van der Waals surface area (Å²) < 4.78 is 0. The van der Waals surface area contributed by atoms with Gasteiger partial charge in [-0.25, -0.2) is 0 Å². The van der Waals surface area contributed by atoms with Crippen molar-refractivity contribution < 1.29 is 14.5 Å². The standard InChI is InChI=1S/C20H21N3O4/c1-2-14-8-9-16(12-17(14)23(26)27)22-19(25)18(24)21-13-20(10-11-20)15-6-4-3-5-7-15/h3-9,12H,2,10-11,13H2,1H3,(H,21,24)(H,22,25). The molecule has 0 saturated heterocycles. The van der Waals surface area contributed by atoms with Crippen LogP contribution in [0, 0.1) is 10.1 Å². The van der Waals surface area contributed by atoms with Crippen LogP contribution in [0.15, 0.2) is 48.5 Å². The number of nitro groups is 1. The average Bonchev–Trinajstić information content (AvgIpc) is 3.48. The predicted octanol–water partition coefficient (Wildman–Crippen LogP) is 2.94. The van der Waals surface area contributed by atoms with Crippen LogP contribution in [0.4, 0.5) is 11.4 Å². The maximum Gasteiger partial charge on any atom is 0.313 e. The van der Waals surface area contributed by atoms with Gasteiger partial charge in [0.1, 0.15) is 0 Å². The first kappa shape index (κ1) is 18.6. The number of carbonyl (C=O) groups is 2. The average molecular weight is 367 g/mol. The van der Waals surface area contributed by atoms with Crippen molar-refractivity contribution in [3.63, 3.8) is 0 Å². The van der Waals surface area contributed by atoms with Gasteiger partial charge in [0.25, 0.3) is 5.69 Å². The number of hydrogen-bond donors (Lipinski definition) is 2. The summed E-state index contributed by atoms with van der Waals surface area (Å²) in [6.45, 7) is 2.20. The maximum absolute atomic E-state index is 12.1. The molecule has 0 radical (unpaired) electrons. The summed E-state index contributed by atoms with van der Waals surface area (Å²) in [6, 6.07) is 14.3. The van der Waals surface area contributed by atoms with Gasteiger partial charge in [0.2, 0.25) is 0 Å². The summed E-state index contributed by atoms with van der Waals surface area (Å²) in [5, 5.41) is 16.2. The Hall–Kier alpha value is -3.22. The smallest absolute Gasteiger partial charge is 0.313 e. The van der Waals surface area contributed by atoms with E-state index in [4.69, 9.17) is 0 Å². The number of hydrogen-bond acceptors (Lipinski definition) is 4. The molecule has 7 heteroatoms. The number of benzene rings is 2. The molecule has 0 aliphatic heterocycles. The van der Waals surface area contributed by atoms with Gasteiger partial charge >= 0.3 is 11.8 Å². The lowest BCUT2D eigenvalue weighted by Gasteiger charge is -2.16. The molecule has 0 bridgehead atoms. The third-order valence-corrected chi connectivity index (χ3v) is 4.95. The van der Waals surface area contributed by atoms with Crippen LogP contribution in [-0.4, -0.2) is 23.3 Å². The molecule has 2 N–H and O–H groups in total.